The molecule has 2 heterocycles. The Hall–Kier alpha value is -1.24. The highest BCUT2D eigenvalue weighted by atomic mass is 16.7. The predicted octanol–water partition coefficient (Wildman–Crippen LogP) is 5.39. The fraction of sp³-hybridized carbons (Fsp3) is 0.760. The Balaban J connectivity index is 1.18. The summed E-state index contributed by atoms with van der Waals surface area (Å²) in [6.07, 6.45) is 6.81. The zero-order valence-corrected chi connectivity index (χ0v) is 20.0. The van der Waals surface area contributed by atoms with Crippen LogP contribution in [0, 0.1) is 17.3 Å². The van der Waals surface area contributed by atoms with Crippen LogP contribution in [0.1, 0.15) is 71.4 Å². The van der Waals surface area contributed by atoms with E-state index >= 15 is 0 Å². The van der Waals surface area contributed by atoms with Crippen LogP contribution in [-0.2, 0) is 27.1 Å². The molecule has 1 aromatic carbocycles. The van der Waals surface area contributed by atoms with Gasteiger partial charge in [-0.05, 0) is 67.8 Å². The van der Waals surface area contributed by atoms with E-state index in [2.05, 4.69) is 26.8 Å². The van der Waals surface area contributed by atoms with Crippen LogP contribution in [-0.4, -0.2) is 31.7 Å². The second kappa shape index (κ2) is 7.39. The molecule has 1 saturated heterocycles. The first-order valence-electron chi connectivity index (χ1n) is 12.0. The van der Waals surface area contributed by atoms with E-state index in [-0.39, 0.29) is 18.8 Å². The number of hydrogen-bond acceptors (Lipinski definition) is 5. The molecule has 0 amide bonds. The molecular formula is C25H37BO5. The average molecular weight is 428 g/mol. The minimum atomic E-state index is -0.611. The predicted molar refractivity (Wildman–Crippen MR) is 120 cm³/mol. The molecule has 5 nitrogen and oxygen atoms in total. The van der Waals surface area contributed by atoms with E-state index in [9.17, 15) is 0 Å². The van der Waals surface area contributed by atoms with Gasteiger partial charge in [-0.3, -0.25) is 0 Å². The van der Waals surface area contributed by atoms with Crippen molar-refractivity contribution in [1.82, 2.24) is 0 Å². The largest absolute Gasteiger partial charge is 0.496 e. The Morgan fingerprint density at radius 1 is 1.10 bits per heavy atom. The molecule has 4 fully saturated rings. The number of aryl methyl sites for hydroxylation is 1. The number of unbranched alkanes of at least 4 members (excludes halogenated alkanes) is 1. The summed E-state index contributed by atoms with van der Waals surface area (Å²) in [7, 11) is 1.64. The van der Waals surface area contributed by atoms with Gasteiger partial charge in [-0.15, -0.1) is 0 Å². The van der Waals surface area contributed by atoms with Crippen molar-refractivity contribution in [2.24, 2.45) is 17.3 Å². The van der Waals surface area contributed by atoms with Crippen molar-refractivity contribution in [3.8, 4) is 11.5 Å². The van der Waals surface area contributed by atoms with Gasteiger partial charge in [-0.1, -0.05) is 26.3 Å². The van der Waals surface area contributed by atoms with E-state index in [1.807, 2.05) is 19.9 Å². The number of benzene rings is 1. The van der Waals surface area contributed by atoms with Crippen LogP contribution < -0.4 is 9.47 Å². The van der Waals surface area contributed by atoms with Crippen molar-refractivity contribution in [2.45, 2.75) is 97.1 Å². The van der Waals surface area contributed by atoms with E-state index in [0.29, 0.717) is 17.9 Å². The molecule has 5 aliphatic rings. The first kappa shape index (κ1) is 21.6. The molecule has 6 rings (SSSR count). The maximum absolute atomic E-state index is 6.56. The molecule has 0 aromatic heterocycles. The van der Waals surface area contributed by atoms with Gasteiger partial charge in [0.25, 0.3) is 0 Å². The van der Waals surface area contributed by atoms with Crippen molar-refractivity contribution < 1.29 is 23.5 Å². The second-order valence-corrected chi connectivity index (χ2v) is 11.2. The van der Waals surface area contributed by atoms with E-state index < -0.39 is 5.79 Å². The lowest BCUT2D eigenvalue weighted by Crippen LogP contribution is -2.65. The van der Waals surface area contributed by atoms with Gasteiger partial charge in [0.2, 0.25) is 5.79 Å². The van der Waals surface area contributed by atoms with Crippen LogP contribution in [0.3, 0.4) is 0 Å². The van der Waals surface area contributed by atoms with Crippen LogP contribution >= 0.6 is 0 Å². The van der Waals surface area contributed by atoms with Crippen molar-refractivity contribution in [1.29, 1.82) is 0 Å². The molecule has 6 heteroatoms. The second-order valence-electron chi connectivity index (χ2n) is 11.2. The fourth-order valence-electron chi connectivity index (χ4n) is 6.53. The zero-order chi connectivity index (χ0) is 22.0. The third-order valence-electron chi connectivity index (χ3n) is 8.57. The molecule has 3 aliphatic carbocycles. The molecule has 0 spiro atoms. The summed E-state index contributed by atoms with van der Waals surface area (Å²) in [4.78, 5) is 0. The van der Waals surface area contributed by atoms with Gasteiger partial charge in [-0.25, -0.2) is 0 Å². The normalized spacial score (nSPS) is 34.4. The average Bonchev–Trinajstić information content (AvgIpc) is 3.06. The summed E-state index contributed by atoms with van der Waals surface area (Å²) in [5.74, 6) is 2.58. The lowest BCUT2D eigenvalue weighted by molar-refractivity contribution is -0.199. The van der Waals surface area contributed by atoms with E-state index in [1.165, 1.54) is 12.0 Å². The summed E-state index contributed by atoms with van der Waals surface area (Å²) in [6.45, 7) is 11.5. The third-order valence-corrected chi connectivity index (χ3v) is 8.57. The highest BCUT2D eigenvalue weighted by Gasteiger charge is 2.67. The van der Waals surface area contributed by atoms with E-state index in [0.717, 1.165) is 55.0 Å². The SMILES string of the molecule is COc1ccc(CCCCB2OC3CC4CC(C4(C)C)[C@]3(C)O2)c2c1COC(C)(C)O2. The number of rotatable bonds is 6. The quantitative estimate of drug-likeness (QED) is 0.449. The highest BCUT2D eigenvalue weighted by molar-refractivity contribution is 6.45. The molecule has 170 valence electrons. The maximum atomic E-state index is 6.56. The number of methoxy groups -OCH3 is 1. The first-order valence-corrected chi connectivity index (χ1v) is 12.0. The van der Waals surface area contributed by atoms with Crippen molar-refractivity contribution >= 4 is 7.12 Å². The monoisotopic (exact) mass is 428 g/mol. The maximum Gasteiger partial charge on any atom is 0.457 e. The molecular weight excluding hydrogens is 391 g/mol. The minimum Gasteiger partial charge on any atom is -0.496 e. The molecule has 0 radical (unpaired) electrons. The fourth-order valence-corrected chi connectivity index (χ4v) is 6.53. The van der Waals surface area contributed by atoms with E-state index in [4.69, 9.17) is 23.5 Å². The summed E-state index contributed by atoms with van der Waals surface area (Å²) in [5, 5.41) is 0. The molecule has 31 heavy (non-hydrogen) atoms. The van der Waals surface area contributed by atoms with Crippen LogP contribution in [0.5, 0.6) is 11.5 Å². The van der Waals surface area contributed by atoms with Crippen molar-refractivity contribution in [3.63, 3.8) is 0 Å². The summed E-state index contributed by atoms with van der Waals surface area (Å²) in [5.41, 5.74) is 2.54. The summed E-state index contributed by atoms with van der Waals surface area (Å²) >= 11 is 0. The van der Waals surface area contributed by atoms with Gasteiger partial charge < -0.3 is 23.5 Å². The molecule has 2 bridgehead atoms. The van der Waals surface area contributed by atoms with Crippen LogP contribution in [0.2, 0.25) is 6.32 Å². The molecule has 1 aromatic rings. The van der Waals surface area contributed by atoms with Crippen molar-refractivity contribution in [2.75, 3.05) is 7.11 Å². The Labute approximate surface area is 187 Å². The summed E-state index contributed by atoms with van der Waals surface area (Å²) in [6, 6.07) is 4.16. The molecule has 0 N–H and O–H groups in total. The van der Waals surface area contributed by atoms with Crippen LogP contribution in [0.25, 0.3) is 0 Å². The first-order chi connectivity index (χ1) is 14.6. The Morgan fingerprint density at radius 3 is 2.65 bits per heavy atom. The van der Waals surface area contributed by atoms with Crippen LogP contribution in [0.4, 0.5) is 0 Å². The topological polar surface area (TPSA) is 46.2 Å². The third kappa shape index (κ3) is 3.50. The van der Waals surface area contributed by atoms with Gasteiger partial charge in [-0.2, -0.15) is 0 Å². The van der Waals surface area contributed by atoms with Gasteiger partial charge >= 0.3 is 7.12 Å². The molecule has 2 aliphatic heterocycles. The van der Waals surface area contributed by atoms with Gasteiger partial charge in [0.15, 0.2) is 0 Å². The molecule has 3 unspecified atom stereocenters. The highest BCUT2D eigenvalue weighted by Crippen LogP contribution is 2.65. The molecule has 3 saturated carbocycles. The molecule has 4 atom stereocenters. The number of hydrogen-bond donors (Lipinski definition) is 0. The summed E-state index contributed by atoms with van der Waals surface area (Å²) < 4.78 is 30.5. The van der Waals surface area contributed by atoms with E-state index in [1.54, 1.807) is 7.11 Å². The van der Waals surface area contributed by atoms with Gasteiger partial charge in [0.1, 0.15) is 11.5 Å². The van der Waals surface area contributed by atoms with Gasteiger partial charge in [0, 0.05) is 13.8 Å². The minimum absolute atomic E-state index is 0.0569. The zero-order valence-electron chi connectivity index (χ0n) is 20.0. The lowest BCUT2D eigenvalue weighted by atomic mass is 9.43. The Kier molecular flexibility index (Phi) is 5.15. The van der Waals surface area contributed by atoms with Crippen molar-refractivity contribution in [3.05, 3.63) is 23.3 Å². The smallest absolute Gasteiger partial charge is 0.457 e. The van der Waals surface area contributed by atoms with Crippen LogP contribution in [0.15, 0.2) is 12.1 Å². The number of ether oxygens (including phenoxy) is 3. The Morgan fingerprint density at radius 2 is 1.90 bits per heavy atom. The number of fused-ring (bicyclic) bond motifs is 1. The van der Waals surface area contributed by atoms with Gasteiger partial charge in [0.05, 0.1) is 31.0 Å². The standard InChI is InChI=1S/C25H37BO5/c1-23(2)17-13-20(23)25(5)21(14-17)30-26(31-25)12-8-7-9-16-10-11-19(27-6)18-15-28-24(3,4)29-22(16)18/h10-11,17,20-21H,7-9,12-15H2,1-6H3/t17?,20?,21?,25-/m0/s1. The lowest BCUT2D eigenvalue weighted by Gasteiger charge is -2.64. The Bertz CT molecular complexity index is 853.